The summed E-state index contributed by atoms with van der Waals surface area (Å²) < 4.78 is 28.7. The van der Waals surface area contributed by atoms with Gasteiger partial charge in [0, 0.05) is 5.92 Å². The van der Waals surface area contributed by atoms with Crippen molar-refractivity contribution in [1.82, 2.24) is 5.32 Å². The van der Waals surface area contributed by atoms with E-state index in [0.717, 1.165) is 0 Å². The Hall–Kier alpha value is -1.76. The average Bonchev–Trinajstić information content (AvgIpc) is 2.30. The van der Waals surface area contributed by atoms with Crippen LogP contribution in [0.2, 0.25) is 0 Å². The van der Waals surface area contributed by atoms with E-state index in [4.69, 9.17) is 12.2 Å². The quantitative estimate of drug-likeness (QED) is 0.837. The summed E-state index contributed by atoms with van der Waals surface area (Å²) in [7, 11) is 0. The van der Waals surface area contributed by atoms with Gasteiger partial charge in [0.15, 0.2) is 5.11 Å². The van der Waals surface area contributed by atoms with Gasteiger partial charge in [0.1, 0.15) is 5.75 Å². The van der Waals surface area contributed by atoms with E-state index in [-0.39, 0.29) is 28.4 Å². The van der Waals surface area contributed by atoms with Gasteiger partial charge >= 0.3 is 6.61 Å². The molecule has 0 spiro atoms. The number of amides is 1. The molecule has 7 heteroatoms. The van der Waals surface area contributed by atoms with Gasteiger partial charge in [-0.15, -0.1) is 0 Å². The molecular weight excluding hydrogens is 274 g/mol. The summed E-state index contributed by atoms with van der Waals surface area (Å²) in [6, 6.07) is 6.08. The maximum absolute atomic E-state index is 12.2. The second-order valence-electron chi connectivity index (χ2n) is 3.97. The molecule has 1 rings (SSSR count). The van der Waals surface area contributed by atoms with E-state index in [1.807, 2.05) is 0 Å². The second kappa shape index (κ2) is 6.98. The highest BCUT2D eigenvalue weighted by Crippen LogP contribution is 2.25. The normalized spacial score (nSPS) is 10.4. The Bertz CT molecular complexity index is 467. The molecule has 19 heavy (non-hydrogen) atoms. The molecule has 0 atom stereocenters. The lowest BCUT2D eigenvalue weighted by molar-refractivity contribution is -0.122. The summed E-state index contributed by atoms with van der Waals surface area (Å²) in [5, 5.41) is 5.12. The molecule has 0 fully saturated rings. The maximum Gasteiger partial charge on any atom is 0.387 e. The minimum absolute atomic E-state index is 0.0315. The van der Waals surface area contributed by atoms with Gasteiger partial charge in [-0.3, -0.25) is 4.79 Å². The van der Waals surface area contributed by atoms with E-state index in [0.29, 0.717) is 0 Å². The van der Waals surface area contributed by atoms with E-state index in [1.54, 1.807) is 26.0 Å². The Labute approximate surface area is 115 Å². The fourth-order valence-corrected chi connectivity index (χ4v) is 1.39. The molecule has 1 amide bonds. The number of anilines is 1. The fourth-order valence-electron chi connectivity index (χ4n) is 1.18. The number of carbonyl (C=O) groups is 1. The summed E-state index contributed by atoms with van der Waals surface area (Å²) in [6.07, 6.45) is 0. The zero-order valence-electron chi connectivity index (χ0n) is 10.4. The van der Waals surface area contributed by atoms with Gasteiger partial charge in [-0.1, -0.05) is 26.0 Å². The van der Waals surface area contributed by atoms with E-state index in [2.05, 4.69) is 15.4 Å². The van der Waals surface area contributed by atoms with Gasteiger partial charge in [0.05, 0.1) is 5.69 Å². The van der Waals surface area contributed by atoms with Crippen LogP contribution in [0.15, 0.2) is 24.3 Å². The number of para-hydroxylation sites is 2. The predicted octanol–water partition coefficient (Wildman–Crippen LogP) is 2.76. The number of carbonyl (C=O) groups excluding carboxylic acids is 1. The molecule has 0 saturated carbocycles. The Kier molecular flexibility index (Phi) is 5.62. The Morgan fingerprint density at radius 1 is 1.32 bits per heavy atom. The number of alkyl halides is 2. The van der Waals surface area contributed by atoms with Crippen LogP contribution in [-0.4, -0.2) is 17.6 Å². The van der Waals surface area contributed by atoms with Crippen LogP contribution < -0.4 is 15.4 Å². The third kappa shape index (κ3) is 5.17. The topological polar surface area (TPSA) is 50.4 Å². The monoisotopic (exact) mass is 288 g/mol. The van der Waals surface area contributed by atoms with Crippen LogP contribution in [0.1, 0.15) is 13.8 Å². The molecule has 0 bridgehead atoms. The summed E-state index contributed by atoms with van der Waals surface area (Å²) in [5.74, 6) is -0.532. The fraction of sp³-hybridized carbons (Fsp3) is 0.333. The molecule has 0 aromatic heterocycles. The molecule has 0 radical (unpaired) electrons. The summed E-state index contributed by atoms with van der Waals surface area (Å²) in [4.78, 5) is 11.4. The summed E-state index contributed by atoms with van der Waals surface area (Å²) in [6.45, 7) is 0.499. The van der Waals surface area contributed by atoms with E-state index >= 15 is 0 Å². The second-order valence-corrected chi connectivity index (χ2v) is 4.38. The predicted molar refractivity (Wildman–Crippen MR) is 72.3 cm³/mol. The number of benzene rings is 1. The van der Waals surface area contributed by atoms with Crippen LogP contribution >= 0.6 is 12.2 Å². The van der Waals surface area contributed by atoms with Crippen LogP contribution in [0.25, 0.3) is 0 Å². The molecule has 0 heterocycles. The highest BCUT2D eigenvalue weighted by molar-refractivity contribution is 7.80. The number of nitrogens with one attached hydrogen (secondary N) is 2. The van der Waals surface area contributed by atoms with Gasteiger partial charge in [-0.25, -0.2) is 0 Å². The number of ether oxygens (including phenoxy) is 1. The van der Waals surface area contributed by atoms with E-state index in [1.165, 1.54) is 12.1 Å². The van der Waals surface area contributed by atoms with Gasteiger partial charge in [0.25, 0.3) is 0 Å². The molecule has 0 aliphatic heterocycles. The number of rotatable bonds is 4. The number of hydrogen-bond acceptors (Lipinski definition) is 3. The van der Waals surface area contributed by atoms with Crippen molar-refractivity contribution in [3.8, 4) is 5.75 Å². The molecule has 0 saturated heterocycles. The third-order valence-electron chi connectivity index (χ3n) is 2.11. The van der Waals surface area contributed by atoms with Crippen LogP contribution in [0, 0.1) is 5.92 Å². The van der Waals surface area contributed by atoms with Crippen LogP contribution in [0.3, 0.4) is 0 Å². The number of halogens is 2. The SMILES string of the molecule is CC(C)C(=O)NC(=S)Nc1ccccc1OC(F)F. The lowest BCUT2D eigenvalue weighted by Crippen LogP contribution is -2.36. The van der Waals surface area contributed by atoms with Crippen molar-refractivity contribution >= 4 is 28.9 Å². The largest absolute Gasteiger partial charge is 0.433 e. The summed E-state index contributed by atoms with van der Waals surface area (Å²) in [5.41, 5.74) is 0.261. The minimum atomic E-state index is -2.93. The number of hydrogen-bond donors (Lipinski definition) is 2. The molecule has 2 N–H and O–H groups in total. The molecule has 104 valence electrons. The van der Waals surface area contributed by atoms with Crippen molar-refractivity contribution in [3.63, 3.8) is 0 Å². The standard InChI is InChI=1S/C12H14F2N2O2S/c1-7(2)10(17)16-12(19)15-8-5-3-4-6-9(8)18-11(13)14/h3-7,11H,1-2H3,(H2,15,16,17,19). The van der Waals surface area contributed by atoms with Crippen LogP contribution in [0.5, 0.6) is 5.75 Å². The first-order valence-corrected chi connectivity index (χ1v) is 5.96. The van der Waals surface area contributed by atoms with Gasteiger partial charge in [-0.05, 0) is 24.4 Å². The lowest BCUT2D eigenvalue weighted by Gasteiger charge is -2.14. The minimum Gasteiger partial charge on any atom is -0.433 e. The van der Waals surface area contributed by atoms with Crippen molar-refractivity contribution in [2.24, 2.45) is 5.92 Å². The third-order valence-corrected chi connectivity index (χ3v) is 2.32. The first-order chi connectivity index (χ1) is 8.90. The first kappa shape index (κ1) is 15.3. The Morgan fingerprint density at radius 3 is 2.53 bits per heavy atom. The van der Waals surface area contributed by atoms with Crippen molar-refractivity contribution < 1.29 is 18.3 Å². The van der Waals surface area contributed by atoms with Crippen molar-refractivity contribution in [2.45, 2.75) is 20.5 Å². The van der Waals surface area contributed by atoms with E-state index < -0.39 is 6.61 Å². The van der Waals surface area contributed by atoms with Gasteiger partial charge in [-0.2, -0.15) is 8.78 Å². The van der Waals surface area contributed by atoms with E-state index in [9.17, 15) is 13.6 Å². The average molecular weight is 288 g/mol. The highest BCUT2D eigenvalue weighted by Gasteiger charge is 2.12. The lowest BCUT2D eigenvalue weighted by atomic mass is 10.2. The molecule has 0 aliphatic rings. The molecule has 0 unspecified atom stereocenters. The van der Waals surface area contributed by atoms with Crippen LogP contribution in [-0.2, 0) is 4.79 Å². The van der Waals surface area contributed by atoms with Crippen molar-refractivity contribution in [3.05, 3.63) is 24.3 Å². The van der Waals surface area contributed by atoms with Gasteiger partial charge < -0.3 is 15.4 Å². The molecule has 0 aliphatic carbocycles. The van der Waals surface area contributed by atoms with Gasteiger partial charge in [0.2, 0.25) is 5.91 Å². The molecule has 4 nitrogen and oxygen atoms in total. The highest BCUT2D eigenvalue weighted by atomic mass is 32.1. The molecular formula is C12H14F2N2O2S. The maximum atomic E-state index is 12.2. The smallest absolute Gasteiger partial charge is 0.387 e. The molecule has 1 aromatic rings. The first-order valence-electron chi connectivity index (χ1n) is 5.56. The molecule has 1 aromatic carbocycles. The van der Waals surface area contributed by atoms with Crippen molar-refractivity contribution in [2.75, 3.05) is 5.32 Å². The Morgan fingerprint density at radius 2 is 1.95 bits per heavy atom. The Balaban J connectivity index is 2.71. The van der Waals surface area contributed by atoms with Crippen molar-refractivity contribution in [1.29, 1.82) is 0 Å². The zero-order valence-corrected chi connectivity index (χ0v) is 11.3. The zero-order chi connectivity index (χ0) is 14.4. The summed E-state index contributed by atoms with van der Waals surface area (Å²) >= 11 is 4.92. The van der Waals surface area contributed by atoms with Crippen LogP contribution in [0.4, 0.5) is 14.5 Å². The number of thiocarbonyl (C=S) groups is 1.